The molecular weight excluding hydrogens is 421 g/mol. The first-order valence-corrected chi connectivity index (χ1v) is 10.8. The molecule has 170 valence electrons. The van der Waals surface area contributed by atoms with Crippen LogP contribution in [-0.4, -0.2) is 23.7 Å². The quantitative estimate of drug-likeness (QED) is 0.440. The van der Waals surface area contributed by atoms with Crippen LogP contribution in [0.2, 0.25) is 0 Å². The second-order valence-corrected chi connectivity index (χ2v) is 8.99. The fourth-order valence-electron chi connectivity index (χ4n) is 4.67. The van der Waals surface area contributed by atoms with E-state index >= 15 is 8.78 Å². The Morgan fingerprint density at radius 1 is 1.12 bits per heavy atom. The summed E-state index contributed by atoms with van der Waals surface area (Å²) in [5.74, 6) is -1.64. The van der Waals surface area contributed by atoms with Gasteiger partial charge in [-0.2, -0.15) is 13.2 Å². The molecule has 1 nitrogen and oxygen atoms in total. The van der Waals surface area contributed by atoms with Crippen molar-refractivity contribution >= 4 is 11.6 Å². The molecule has 0 N–H and O–H groups in total. The number of hydrogen-bond acceptors (Lipinski definition) is 1. The smallest absolute Gasteiger partial charge is 0.281 e. The molecule has 0 bridgehead atoms. The van der Waals surface area contributed by atoms with Crippen molar-refractivity contribution in [2.45, 2.75) is 57.8 Å². The topological polar surface area (TPSA) is 3.24 Å². The fourth-order valence-corrected chi connectivity index (χ4v) is 4.67. The maximum atomic E-state index is 15.3. The maximum Gasteiger partial charge on any atom is 0.401 e. The van der Waals surface area contributed by atoms with Crippen LogP contribution < -0.4 is 0 Å². The van der Waals surface area contributed by atoms with Crippen LogP contribution in [0.4, 0.5) is 22.0 Å². The van der Waals surface area contributed by atoms with Crippen LogP contribution >= 0.6 is 0 Å². The van der Waals surface area contributed by atoms with E-state index in [2.05, 4.69) is 6.58 Å². The van der Waals surface area contributed by atoms with E-state index in [4.69, 9.17) is 0 Å². The van der Waals surface area contributed by atoms with E-state index in [0.717, 1.165) is 46.4 Å². The molecule has 1 fully saturated rings. The van der Waals surface area contributed by atoms with Gasteiger partial charge in [0.1, 0.15) is 11.6 Å². The van der Waals surface area contributed by atoms with Gasteiger partial charge in [0.05, 0.1) is 12.6 Å². The van der Waals surface area contributed by atoms with Crippen molar-refractivity contribution in [3.8, 4) is 0 Å². The average molecular weight is 447 g/mol. The fraction of sp³-hybridized carbons (Fsp3) is 0.385. The zero-order valence-electron chi connectivity index (χ0n) is 18.2. The van der Waals surface area contributed by atoms with Gasteiger partial charge in [-0.3, -0.25) is 4.90 Å². The third-order valence-electron chi connectivity index (χ3n) is 6.45. The Labute approximate surface area is 185 Å². The molecular formula is C26H26F5N. The summed E-state index contributed by atoms with van der Waals surface area (Å²) in [6.45, 7) is 6.19. The minimum atomic E-state index is -4.50. The Morgan fingerprint density at radius 3 is 2.31 bits per heavy atom. The Balaban J connectivity index is 1.85. The molecule has 1 aliphatic carbocycles. The van der Waals surface area contributed by atoms with Crippen LogP contribution in [0.25, 0.3) is 11.6 Å². The molecule has 0 aromatic heterocycles. The lowest BCUT2D eigenvalue weighted by atomic mass is 9.83. The van der Waals surface area contributed by atoms with E-state index < -0.39 is 36.4 Å². The number of rotatable bonds is 4. The predicted molar refractivity (Wildman–Crippen MR) is 117 cm³/mol. The average Bonchev–Trinajstić information content (AvgIpc) is 2.65. The largest absolute Gasteiger partial charge is 0.401 e. The summed E-state index contributed by atoms with van der Waals surface area (Å²) < 4.78 is 71.0. The third kappa shape index (κ3) is 4.51. The van der Waals surface area contributed by atoms with Gasteiger partial charge in [-0.15, -0.1) is 0 Å². The van der Waals surface area contributed by atoms with E-state index in [1.165, 1.54) is 12.1 Å². The molecule has 4 rings (SSSR count). The molecule has 0 radical (unpaired) electrons. The number of fused-ring (bicyclic) bond motifs is 1. The van der Waals surface area contributed by atoms with E-state index in [-0.39, 0.29) is 5.56 Å². The van der Waals surface area contributed by atoms with Gasteiger partial charge in [-0.25, -0.2) is 8.78 Å². The number of allylic oxidation sites excluding steroid dienone is 2. The summed E-state index contributed by atoms with van der Waals surface area (Å²) in [4.78, 5) is 1.16. The molecule has 1 saturated carbocycles. The number of alkyl halides is 3. The van der Waals surface area contributed by atoms with Crippen LogP contribution in [0.1, 0.15) is 67.0 Å². The molecule has 1 unspecified atom stereocenters. The lowest BCUT2D eigenvalue weighted by molar-refractivity contribution is -0.155. The van der Waals surface area contributed by atoms with Crippen LogP contribution in [0.3, 0.4) is 0 Å². The van der Waals surface area contributed by atoms with Gasteiger partial charge < -0.3 is 0 Å². The first-order valence-electron chi connectivity index (χ1n) is 10.8. The maximum absolute atomic E-state index is 15.3. The van der Waals surface area contributed by atoms with Gasteiger partial charge in [0.15, 0.2) is 0 Å². The second kappa shape index (κ2) is 8.47. The Hall–Kier alpha value is -2.47. The zero-order valence-corrected chi connectivity index (χ0v) is 18.2. The molecule has 2 aromatic carbocycles. The van der Waals surface area contributed by atoms with E-state index in [1.54, 1.807) is 25.1 Å². The highest BCUT2D eigenvalue weighted by atomic mass is 19.4. The van der Waals surface area contributed by atoms with Crippen molar-refractivity contribution in [1.29, 1.82) is 0 Å². The van der Waals surface area contributed by atoms with E-state index in [1.807, 2.05) is 13.0 Å². The SMILES string of the molecule is C=C(C)c1ccc2c(c1)C[C@@H](C)N(CC(F)(F)F)C2c1c(F)cc(C=C2CCC2)cc1F. The summed E-state index contributed by atoms with van der Waals surface area (Å²) in [7, 11) is 0. The zero-order chi connectivity index (χ0) is 23.2. The summed E-state index contributed by atoms with van der Waals surface area (Å²) in [6.07, 6.45) is 0.499. The molecule has 2 aliphatic rings. The van der Waals surface area contributed by atoms with Gasteiger partial charge in [0.25, 0.3) is 0 Å². The summed E-state index contributed by atoms with van der Waals surface area (Å²) in [5.41, 5.74) is 4.17. The van der Waals surface area contributed by atoms with Crippen LogP contribution in [0, 0.1) is 11.6 Å². The molecule has 2 atom stereocenters. The van der Waals surface area contributed by atoms with Crippen molar-refractivity contribution in [3.63, 3.8) is 0 Å². The van der Waals surface area contributed by atoms with Crippen LogP contribution in [0.5, 0.6) is 0 Å². The number of hydrogen-bond donors (Lipinski definition) is 0. The van der Waals surface area contributed by atoms with Gasteiger partial charge in [-0.1, -0.05) is 42.0 Å². The van der Waals surface area contributed by atoms with Crippen LogP contribution in [-0.2, 0) is 6.42 Å². The van der Waals surface area contributed by atoms with Gasteiger partial charge in [-0.05, 0) is 73.9 Å². The van der Waals surface area contributed by atoms with Crippen molar-refractivity contribution in [3.05, 3.63) is 81.9 Å². The lowest BCUT2D eigenvalue weighted by Crippen LogP contribution is -2.47. The second-order valence-electron chi connectivity index (χ2n) is 8.99. The molecule has 1 heterocycles. The highest BCUT2D eigenvalue weighted by Crippen LogP contribution is 2.42. The van der Waals surface area contributed by atoms with Crippen molar-refractivity contribution in [2.24, 2.45) is 0 Å². The minimum Gasteiger partial charge on any atom is -0.281 e. The van der Waals surface area contributed by atoms with Crippen LogP contribution in [0.15, 0.2) is 42.5 Å². The first-order chi connectivity index (χ1) is 15.0. The Kier molecular flexibility index (Phi) is 6.01. The first kappa shape index (κ1) is 22.7. The normalized spacial score (nSPS) is 21.2. The molecule has 0 spiro atoms. The van der Waals surface area contributed by atoms with E-state index in [9.17, 15) is 13.2 Å². The Morgan fingerprint density at radius 2 is 1.78 bits per heavy atom. The molecule has 32 heavy (non-hydrogen) atoms. The number of halogens is 5. The summed E-state index contributed by atoms with van der Waals surface area (Å²) >= 11 is 0. The van der Waals surface area contributed by atoms with Crippen molar-refractivity contribution < 1.29 is 22.0 Å². The van der Waals surface area contributed by atoms with Gasteiger partial charge in [0, 0.05) is 11.6 Å². The highest BCUT2D eigenvalue weighted by Gasteiger charge is 2.42. The Bertz CT molecular complexity index is 1050. The standard InChI is InChI=1S/C26H26F5N/c1-15(2)19-7-8-21-20(13-19)9-16(3)32(14-26(29,30)31)25(21)24-22(27)11-18(12-23(24)28)10-17-5-4-6-17/h7-8,10-13,16,25H,1,4-6,9,14H2,2-3H3/t16-,25?/m1/s1. The lowest BCUT2D eigenvalue weighted by Gasteiger charge is -2.42. The molecule has 2 aromatic rings. The minimum absolute atomic E-state index is 0.333. The molecule has 0 amide bonds. The van der Waals surface area contributed by atoms with Crippen molar-refractivity contribution in [2.75, 3.05) is 6.54 Å². The van der Waals surface area contributed by atoms with Gasteiger partial charge in [0.2, 0.25) is 0 Å². The van der Waals surface area contributed by atoms with Gasteiger partial charge >= 0.3 is 6.18 Å². The number of benzene rings is 2. The summed E-state index contributed by atoms with van der Waals surface area (Å²) in [5, 5.41) is 0. The van der Waals surface area contributed by atoms with E-state index in [0.29, 0.717) is 17.5 Å². The summed E-state index contributed by atoms with van der Waals surface area (Å²) in [6, 6.07) is 6.05. The molecule has 1 aliphatic heterocycles. The molecule has 0 saturated heterocycles. The monoisotopic (exact) mass is 447 g/mol. The number of nitrogens with zero attached hydrogens (tertiary/aromatic N) is 1. The third-order valence-corrected chi connectivity index (χ3v) is 6.45. The highest BCUT2D eigenvalue weighted by molar-refractivity contribution is 5.63. The molecule has 6 heteroatoms. The van der Waals surface area contributed by atoms with Crippen molar-refractivity contribution in [1.82, 2.24) is 4.90 Å². The predicted octanol–water partition coefficient (Wildman–Crippen LogP) is 7.46.